The van der Waals surface area contributed by atoms with Crippen LogP contribution in [0.1, 0.15) is 81.8 Å². The van der Waals surface area contributed by atoms with Crippen LogP contribution in [-0.2, 0) is 16.8 Å². The van der Waals surface area contributed by atoms with E-state index < -0.39 is 0 Å². The number of aryl methyl sites for hydroxylation is 3. The highest BCUT2D eigenvalue weighted by molar-refractivity contribution is 5.84. The lowest BCUT2D eigenvalue weighted by molar-refractivity contribution is -0.121. The maximum absolute atomic E-state index is 12.6. The lowest BCUT2D eigenvalue weighted by Gasteiger charge is -2.23. The first-order valence-electron chi connectivity index (χ1n) is 12.5. The molecule has 6 nitrogen and oxygen atoms in total. The van der Waals surface area contributed by atoms with Crippen LogP contribution in [0.5, 0.6) is 0 Å². The maximum atomic E-state index is 12.6. The normalized spacial score (nSPS) is 20.5. The number of aromatic nitrogens is 3. The number of carbonyl (C=O) groups is 1. The molecule has 176 valence electrons. The molecule has 1 aliphatic heterocycles. The molecule has 3 heterocycles. The van der Waals surface area contributed by atoms with Gasteiger partial charge in [0.2, 0.25) is 5.91 Å². The maximum Gasteiger partial charge on any atom is 0.220 e. The van der Waals surface area contributed by atoms with Crippen LogP contribution < -0.4 is 5.32 Å². The molecule has 1 N–H and O–H groups in total. The quantitative estimate of drug-likeness (QED) is 0.723. The van der Waals surface area contributed by atoms with Gasteiger partial charge in [-0.15, -0.1) is 0 Å². The Balaban J connectivity index is 1.36. The topological polar surface area (TPSA) is 63.1 Å². The van der Waals surface area contributed by atoms with Gasteiger partial charge in [0.1, 0.15) is 0 Å². The Morgan fingerprint density at radius 1 is 1.09 bits per heavy atom. The second-order valence-corrected chi connectivity index (χ2v) is 11.1. The van der Waals surface area contributed by atoms with Crippen molar-refractivity contribution < 1.29 is 4.79 Å². The van der Waals surface area contributed by atoms with Crippen LogP contribution in [0.4, 0.5) is 0 Å². The smallest absolute Gasteiger partial charge is 0.220 e. The number of fused-ring (bicyclic) bond motifs is 1. The zero-order valence-corrected chi connectivity index (χ0v) is 20.9. The first-order valence-corrected chi connectivity index (χ1v) is 12.5. The summed E-state index contributed by atoms with van der Waals surface area (Å²) in [4.78, 5) is 20.2. The predicted octanol–water partition coefficient (Wildman–Crippen LogP) is 4.42. The van der Waals surface area contributed by atoms with Crippen molar-refractivity contribution in [2.45, 2.75) is 98.1 Å². The third-order valence-corrected chi connectivity index (χ3v) is 7.56. The zero-order valence-electron chi connectivity index (χ0n) is 20.9. The molecule has 6 heteroatoms. The number of amides is 1. The van der Waals surface area contributed by atoms with Crippen molar-refractivity contribution in [1.29, 1.82) is 0 Å². The van der Waals surface area contributed by atoms with Crippen LogP contribution in [0.2, 0.25) is 0 Å². The van der Waals surface area contributed by atoms with Crippen LogP contribution in [0.15, 0.2) is 0 Å². The molecule has 1 amide bonds. The summed E-state index contributed by atoms with van der Waals surface area (Å²) in [5.41, 5.74) is 5.27. The van der Waals surface area contributed by atoms with E-state index in [-0.39, 0.29) is 11.4 Å². The molecule has 1 saturated carbocycles. The second kappa shape index (κ2) is 9.12. The van der Waals surface area contributed by atoms with E-state index in [0.29, 0.717) is 12.3 Å². The standard InChI is InChI=1S/C26H41N5O/c1-17-22(18(2)28-25-24(17)19(3)29-31(25)26(4,5)6)11-12-23(32)27-15-20-13-14-30(16-20)21-9-7-8-10-21/h20-21H,7-16H2,1-6H3,(H,27,32). The Morgan fingerprint density at radius 2 is 1.81 bits per heavy atom. The van der Waals surface area contributed by atoms with E-state index in [9.17, 15) is 4.79 Å². The van der Waals surface area contributed by atoms with Crippen molar-refractivity contribution in [3.05, 3.63) is 22.5 Å². The highest BCUT2D eigenvalue weighted by Crippen LogP contribution is 2.30. The summed E-state index contributed by atoms with van der Waals surface area (Å²) in [6, 6.07) is 0.801. The fraction of sp³-hybridized carbons (Fsp3) is 0.731. The summed E-state index contributed by atoms with van der Waals surface area (Å²) in [6.07, 6.45) is 7.96. The molecule has 1 atom stereocenters. The van der Waals surface area contributed by atoms with Crippen LogP contribution >= 0.6 is 0 Å². The molecular formula is C26H41N5O. The van der Waals surface area contributed by atoms with E-state index in [1.165, 1.54) is 49.8 Å². The minimum Gasteiger partial charge on any atom is -0.356 e. The minimum atomic E-state index is -0.118. The molecule has 2 aromatic rings. The van der Waals surface area contributed by atoms with Gasteiger partial charge in [0.05, 0.1) is 11.2 Å². The van der Waals surface area contributed by atoms with Gasteiger partial charge in [0.25, 0.3) is 0 Å². The fourth-order valence-corrected chi connectivity index (χ4v) is 5.76. The fourth-order valence-electron chi connectivity index (χ4n) is 5.76. The summed E-state index contributed by atoms with van der Waals surface area (Å²) in [7, 11) is 0. The van der Waals surface area contributed by atoms with Crippen molar-refractivity contribution in [2.75, 3.05) is 19.6 Å². The first-order chi connectivity index (χ1) is 15.1. The zero-order chi connectivity index (χ0) is 23.0. The van der Waals surface area contributed by atoms with Gasteiger partial charge in [-0.2, -0.15) is 5.10 Å². The van der Waals surface area contributed by atoms with Gasteiger partial charge in [-0.25, -0.2) is 9.67 Å². The molecule has 0 aromatic carbocycles. The van der Waals surface area contributed by atoms with Crippen LogP contribution in [0, 0.1) is 26.7 Å². The largest absolute Gasteiger partial charge is 0.356 e. The van der Waals surface area contributed by atoms with Crippen molar-refractivity contribution in [3.63, 3.8) is 0 Å². The average molecular weight is 440 g/mol. The number of carbonyl (C=O) groups excluding carboxylic acids is 1. The van der Waals surface area contributed by atoms with Crippen molar-refractivity contribution in [2.24, 2.45) is 5.92 Å². The summed E-state index contributed by atoms with van der Waals surface area (Å²) in [5.74, 6) is 0.761. The highest BCUT2D eigenvalue weighted by atomic mass is 16.1. The second-order valence-electron chi connectivity index (χ2n) is 11.1. The van der Waals surface area contributed by atoms with Gasteiger partial charge < -0.3 is 10.2 Å². The summed E-state index contributed by atoms with van der Waals surface area (Å²) in [6.45, 7) is 15.9. The Morgan fingerprint density at radius 3 is 2.50 bits per heavy atom. The molecular weight excluding hydrogens is 398 g/mol. The number of rotatable bonds is 6. The van der Waals surface area contributed by atoms with Crippen molar-refractivity contribution >= 4 is 16.9 Å². The molecule has 0 bridgehead atoms. The van der Waals surface area contributed by atoms with Gasteiger partial charge in [-0.05, 0) is 90.8 Å². The van der Waals surface area contributed by atoms with E-state index >= 15 is 0 Å². The molecule has 1 aliphatic carbocycles. The number of pyridine rings is 1. The van der Waals surface area contributed by atoms with Crippen molar-refractivity contribution in [3.8, 4) is 0 Å². The Bertz CT molecular complexity index is 980. The van der Waals surface area contributed by atoms with Crippen LogP contribution in [0.25, 0.3) is 11.0 Å². The lowest BCUT2D eigenvalue weighted by atomic mass is 9.99. The summed E-state index contributed by atoms with van der Waals surface area (Å²) in [5, 5.41) is 9.13. The van der Waals surface area contributed by atoms with Gasteiger partial charge in [0, 0.05) is 36.6 Å². The molecule has 1 unspecified atom stereocenters. The number of nitrogens with zero attached hydrogens (tertiary/aromatic N) is 4. The molecule has 32 heavy (non-hydrogen) atoms. The Hall–Kier alpha value is -1.95. The summed E-state index contributed by atoms with van der Waals surface area (Å²) >= 11 is 0. The Labute approximate surface area is 193 Å². The predicted molar refractivity (Wildman–Crippen MR) is 130 cm³/mol. The molecule has 0 radical (unpaired) electrons. The first kappa shape index (κ1) is 23.2. The van der Waals surface area contributed by atoms with E-state index in [4.69, 9.17) is 10.1 Å². The van der Waals surface area contributed by atoms with Crippen LogP contribution in [0.3, 0.4) is 0 Å². The van der Waals surface area contributed by atoms with Gasteiger partial charge in [-0.3, -0.25) is 4.79 Å². The van der Waals surface area contributed by atoms with Crippen LogP contribution in [-0.4, -0.2) is 51.2 Å². The van der Waals surface area contributed by atoms with E-state index in [0.717, 1.165) is 48.0 Å². The minimum absolute atomic E-state index is 0.118. The third-order valence-electron chi connectivity index (χ3n) is 7.56. The number of nitrogens with one attached hydrogen (secondary N) is 1. The van der Waals surface area contributed by atoms with Gasteiger partial charge in [-0.1, -0.05) is 12.8 Å². The van der Waals surface area contributed by atoms with E-state index in [1.54, 1.807) is 0 Å². The molecule has 2 fully saturated rings. The highest BCUT2D eigenvalue weighted by Gasteiger charge is 2.30. The van der Waals surface area contributed by atoms with E-state index in [1.807, 2.05) is 4.68 Å². The Kier molecular flexibility index (Phi) is 6.62. The third kappa shape index (κ3) is 4.70. The molecule has 2 aromatic heterocycles. The average Bonchev–Trinajstić information content (AvgIpc) is 3.45. The number of hydrogen-bond donors (Lipinski definition) is 1. The lowest BCUT2D eigenvalue weighted by Crippen LogP contribution is -2.34. The SMILES string of the molecule is Cc1nc2c(c(C)nn2C(C)(C)C)c(C)c1CCC(=O)NCC1CCN(C2CCCC2)C1. The molecule has 0 spiro atoms. The number of hydrogen-bond acceptors (Lipinski definition) is 4. The summed E-state index contributed by atoms with van der Waals surface area (Å²) < 4.78 is 2.03. The molecule has 4 rings (SSSR count). The van der Waals surface area contributed by atoms with Gasteiger partial charge in [0.15, 0.2) is 5.65 Å². The monoisotopic (exact) mass is 439 g/mol. The number of likely N-dealkylation sites (tertiary alicyclic amines) is 1. The van der Waals surface area contributed by atoms with E-state index in [2.05, 4.69) is 51.8 Å². The van der Waals surface area contributed by atoms with Gasteiger partial charge >= 0.3 is 0 Å². The van der Waals surface area contributed by atoms with Crippen molar-refractivity contribution in [1.82, 2.24) is 25.0 Å². The molecule has 1 saturated heterocycles. The molecule has 2 aliphatic rings.